The molecule has 0 fully saturated rings. The normalized spacial score (nSPS) is 11.0. The molecule has 68 valence electrons. The van der Waals surface area contributed by atoms with Crippen molar-refractivity contribution in [3.63, 3.8) is 0 Å². The average Bonchev–Trinajstić information content (AvgIpc) is 2.47. The molecule has 0 radical (unpaired) electrons. The van der Waals surface area contributed by atoms with Gasteiger partial charge in [-0.15, -0.1) is 23.1 Å². The van der Waals surface area contributed by atoms with Crippen LogP contribution in [0.5, 0.6) is 0 Å². The van der Waals surface area contributed by atoms with Gasteiger partial charge in [-0.2, -0.15) is 0 Å². The molecule has 0 aliphatic rings. The van der Waals surface area contributed by atoms with Crippen LogP contribution in [-0.4, -0.2) is 6.26 Å². The van der Waals surface area contributed by atoms with E-state index in [1.165, 1.54) is 21.4 Å². The van der Waals surface area contributed by atoms with E-state index >= 15 is 0 Å². The lowest BCUT2D eigenvalue weighted by Crippen LogP contribution is -1.74. The van der Waals surface area contributed by atoms with Gasteiger partial charge in [0.2, 0.25) is 0 Å². The Morgan fingerprint density at radius 3 is 2.69 bits per heavy atom. The fourth-order valence-electron chi connectivity index (χ4n) is 1.15. The van der Waals surface area contributed by atoms with Gasteiger partial charge in [-0.3, -0.25) is 0 Å². The fraction of sp³-hybridized carbons (Fsp3) is 0.111. The molecule has 1 aromatic heterocycles. The van der Waals surface area contributed by atoms with Crippen LogP contribution in [0.15, 0.2) is 22.4 Å². The highest BCUT2D eigenvalue weighted by Crippen LogP contribution is 2.35. The molecule has 1 aromatic carbocycles. The van der Waals surface area contributed by atoms with Gasteiger partial charge in [-0.25, -0.2) is 0 Å². The summed E-state index contributed by atoms with van der Waals surface area (Å²) < 4.78 is 5.50. The minimum Gasteiger partial charge on any atom is -0.128 e. The number of halogens is 2. The molecule has 0 atom stereocenters. The molecule has 4 heteroatoms. The van der Waals surface area contributed by atoms with Crippen LogP contribution in [0, 0.1) is 7.14 Å². The maximum absolute atomic E-state index is 2.41. The van der Waals surface area contributed by atoms with Crippen LogP contribution >= 0.6 is 68.3 Å². The Morgan fingerprint density at radius 1 is 1.23 bits per heavy atom. The molecule has 2 aromatic rings. The van der Waals surface area contributed by atoms with Gasteiger partial charge >= 0.3 is 0 Å². The van der Waals surface area contributed by atoms with E-state index in [1.807, 2.05) is 23.1 Å². The Balaban J connectivity index is 2.75. The van der Waals surface area contributed by atoms with Crippen molar-refractivity contribution in [1.82, 2.24) is 0 Å². The first kappa shape index (κ1) is 10.5. The minimum absolute atomic E-state index is 1.32. The molecule has 0 aliphatic carbocycles. The zero-order chi connectivity index (χ0) is 9.42. The molecular formula is C9H6I2S2. The Morgan fingerprint density at radius 2 is 2.00 bits per heavy atom. The third-order valence-electron chi connectivity index (χ3n) is 1.71. The third-order valence-corrected chi connectivity index (χ3v) is 5.80. The first-order valence-electron chi connectivity index (χ1n) is 3.63. The molecule has 1 heterocycles. The Hall–Kier alpha value is 0.990. The lowest BCUT2D eigenvalue weighted by molar-refractivity contribution is 1.69. The van der Waals surface area contributed by atoms with E-state index in [-0.39, 0.29) is 0 Å². The van der Waals surface area contributed by atoms with Crippen LogP contribution in [0.25, 0.3) is 10.1 Å². The summed E-state index contributed by atoms with van der Waals surface area (Å²) in [6.45, 7) is 0. The SMILES string of the molecule is CSc1cc2cc(I)cc(I)c2s1. The molecule has 0 nitrogen and oxygen atoms in total. The summed E-state index contributed by atoms with van der Waals surface area (Å²) in [6.07, 6.45) is 2.13. The van der Waals surface area contributed by atoms with Crippen molar-refractivity contribution in [2.24, 2.45) is 0 Å². The zero-order valence-corrected chi connectivity index (χ0v) is 12.8. The maximum Gasteiger partial charge on any atom is 0.0608 e. The second kappa shape index (κ2) is 4.24. The molecule has 0 spiro atoms. The van der Waals surface area contributed by atoms with Crippen molar-refractivity contribution < 1.29 is 0 Å². The first-order chi connectivity index (χ1) is 6.20. The lowest BCUT2D eigenvalue weighted by atomic mass is 10.3. The summed E-state index contributed by atoms with van der Waals surface area (Å²) in [5, 5.41) is 1.38. The van der Waals surface area contributed by atoms with Gasteiger partial charge in [-0.1, -0.05) is 0 Å². The molecule has 0 N–H and O–H groups in total. The number of thioether (sulfide) groups is 1. The first-order valence-corrected chi connectivity index (χ1v) is 7.83. The molecule has 0 aliphatic heterocycles. The Kier molecular flexibility index (Phi) is 3.43. The second-order valence-corrected chi connectivity index (χ2v) is 7.14. The summed E-state index contributed by atoms with van der Waals surface area (Å²) in [6, 6.07) is 6.74. The predicted octanol–water partition coefficient (Wildman–Crippen LogP) is 4.83. The van der Waals surface area contributed by atoms with E-state index in [0.29, 0.717) is 0 Å². The highest BCUT2D eigenvalue weighted by atomic mass is 127. The van der Waals surface area contributed by atoms with Crippen molar-refractivity contribution in [2.75, 3.05) is 6.26 Å². The molecule has 0 saturated heterocycles. The number of hydrogen-bond donors (Lipinski definition) is 0. The van der Waals surface area contributed by atoms with Crippen LogP contribution in [0.3, 0.4) is 0 Å². The standard InChI is InChI=1S/C9H6I2S2/c1-12-8-3-5-2-6(10)4-7(11)9(5)13-8/h2-4H,1H3. The van der Waals surface area contributed by atoms with Gasteiger partial charge in [0.15, 0.2) is 0 Å². The Labute approximate surface area is 113 Å². The summed E-state index contributed by atoms with van der Waals surface area (Å²) in [5.74, 6) is 0. The smallest absolute Gasteiger partial charge is 0.0608 e. The van der Waals surface area contributed by atoms with Crippen molar-refractivity contribution in [1.29, 1.82) is 0 Å². The van der Waals surface area contributed by atoms with Gasteiger partial charge in [0.05, 0.1) is 4.21 Å². The second-order valence-electron chi connectivity index (χ2n) is 2.58. The monoisotopic (exact) mass is 432 g/mol. The van der Waals surface area contributed by atoms with E-state index in [4.69, 9.17) is 0 Å². The number of benzene rings is 1. The van der Waals surface area contributed by atoms with E-state index in [9.17, 15) is 0 Å². The molecule has 2 rings (SSSR count). The molecule has 0 bridgehead atoms. The van der Waals surface area contributed by atoms with Gasteiger partial charge in [-0.05, 0) is 75.0 Å². The van der Waals surface area contributed by atoms with Crippen molar-refractivity contribution >= 4 is 78.4 Å². The minimum atomic E-state index is 1.32. The molecule has 0 unspecified atom stereocenters. The summed E-state index contributed by atoms with van der Waals surface area (Å²) in [7, 11) is 0. The summed E-state index contributed by atoms with van der Waals surface area (Å²) in [4.78, 5) is 0. The third kappa shape index (κ3) is 2.15. The van der Waals surface area contributed by atoms with Gasteiger partial charge in [0, 0.05) is 11.8 Å². The van der Waals surface area contributed by atoms with E-state index in [0.717, 1.165) is 0 Å². The van der Waals surface area contributed by atoms with E-state index in [1.54, 1.807) is 0 Å². The van der Waals surface area contributed by atoms with Crippen LogP contribution in [0.1, 0.15) is 0 Å². The fourth-order valence-corrected chi connectivity index (χ4v) is 4.98. The number of fused-ring (bicyclic) bond motifs is 1. The van der Waals surface area contributed by atoms with Crippen molar-refractivity contribution in [3.05, 3.63) is 25.3 Å². The van der Waals surface area contributed by atoms with Crippen LogP contribution in [0.4, 0.5) is 0 Å². The molecular weight excluding hydrogens is 426 g/mol. The summed E-state index contributed by atoms with van der Waals surface area (Å²) >= 11 is 8.48. The highest BCUT2D eigenvalue weighted by Gasteiger charge is 2.05. The molecule has 0 saturated carbocycles. The predicted molar refractivity (Wildman–Crippen MR) is 79.0 cm³/mol. The van der Waals surface area contributed by atoms with E-state index in [2.05, 4.69) is 69.6 Å². The molecule has 13 heavy (non-hydrogen) atoms. The quantitative estimate of drug-likeness (QED) is 0.460. The lowest BCUT2D eigenvalue weighted by Gasteiger charge is -1.94. The Bertz CT molecular complexity index is 448. The summed E-state index contributed by atoms with van der Waals surface area (Å²) in [5.41, 5.74) is 0. The number of rotatable bonds is 1. The number of hydrogen-bond acceptors (Lipinski definition) is 2. The van der Waals surface area contributed by atoms with Crippen molar-refractivity contribution in [2.45, 2.75) is 4.21 Å². The van der Waals surface area contributed by atoms with E-state index < -0.39 is 0 Å². The average molecular weight is 432 g/mol. The van der Waals surface area contributed by atoms with Gasteiger partial charge in [0.25, 0.3) is 0 Å². The van der Waals surface area contributed by atoms with Crippen molar-refractivity contribution in [3.8, 4) is 0 Å². The van der Waals surface area contributed by atoms with Gasteiger partial charge < -0.3 is 0 Å². The maximum atomic E-state index is 2.41. The molecule has 0 amide bonds. The van der Waals surface area contributed by atoms with Gasteiger partial charge in [0.1, 0.15) is 0 Å². The number of thiophene rings is 1. The zero-order valence-electron chi connectivity index (χ0n) is 6.80. The van der Waals surface area contributed by atoms with Crippen LogP contribution in [-0.2, 0) is 0 Å². The topological polar surface area (TPSA) is 0 Å². The largest absolute Gasteiger partial charge is 0.128 e. The van der Waals surface area contributed by atoms with Crippen LogP contribution < -0.4 is 0 Å². The highest BCUT2D eigenvalue weighted by molar-refractivity contribution is 14.1. The van der Waals surface area contributed by atoms with Crippen LogP contribution in [0.2, 0.25) is 0 Å².